The molecule has 0 aromatic carbocycles. The lowest BCUT2D eigenvalue weighted by Crippen LogP contribution is -2.42. The number of alkyl carbamates (subject to hydrolysis) is 1. The Hall–Kier alpha value is -1.01. The molecule has 0 radical (unpaired) electrons. The highest BCUT2D eigenvalue weighted by Crippen LogP contribution is 2.30. The van der Waals surface area contributed by atoms with Gasteiger partial charge in [0, 0.05) is 0 Å². The van der Waals surface area contributed by atoms with Gasteiger partial charge in [-0.1, -0.05) is 0 Å². The first-order chi connectivity index (χ1) is 5.44. The Morgan fingerprint density at radius 3 is 2.50 bits per heavy atom. The normalized spacial score (nSPS) is 24.1. The van der Waals surface area contributed by atoms with Gasteiger partial charge in [0.1, 0.15) is 0 Å². The zero-order chi connectivity index (χ0) is 9.35. The maximum absolute atomic E-state index is 12.4. The Bertz CT molecular complexity index is 196. The molecular formula is C5H5F4NO2. The molecule has 1 amide bonds. The summed E-state index contributed by atoms with van der Waals surface area (Å²) in [6.07, 6.45) is -6.99. The standard InChI is InChI=1S/C5H5F4NO2/c6-3(7)5(8,9)2-1-10-4(11)12-2/h2-3H,1H2,(H,10,11). The molecule has 0 aromatic rings. The fraction of sp³-hybridized carbons (Fsp3) is 0.800. The zero-order valence-corrected chi connectivity index (χ0v) is 5.69. The molecule has 70 valence electrons. The molecule has 0 saturated carbocycles. The van der Waals surface area contributed by atoms with E-state index >= 15 is 0 Å². The highest BCUT2D eigenvalue weighted by atomic mass is 19.3. The first-order valence-corrected chi connectivity index (χ1v) is 3.05. The Balaban J connectivity index is 2.63. The van der Waals surface area contributed by atoms with Crippen molar-refractivity contribution >= 4 is 6.09 Å². The second-order valence-electron chi connectivity index (χ2n) is 2.25. The summed E-state index contributed by atoms with van der Waals surface area (Å²) in [5, 5.41) is 1.86. The summed E-state index contributed by atoms with van der Waals surface area (Å²) < 4.78 is 51.9. The van der Waals surface area contributed by atoms with Crippen LogP contribution in [-0.4, -0.2) is 31.1 Å². The van der Waals surface area contributed by atoms with Crippen LogP contribution in [0, 0.1) is 0 Å². The molecule has 0 aromatic heterocycles. The Labute approximate surface area is 64.7 Å². The minimum absolute atomic E-state index is 0.587. The summed E-state index contributed by atoms with van der Waals surface area (Å²) >= 11 is 0. The maximum Gasteiger partial charge on any atom is 0.407 e. The molecule has 7 heteroatoms. The number of carbonyl (C=O) groups excluding carboxylic acids is 1. The number of nitrogens with one attached hydrogen (secondary N) is 1. The lowest BCUT2D eigenvalue weighted by Gasteiger charge is -2.19. The van der Waals surface area contributed by atoms with E-state index in [9.17, 15) is 22.4 Å². The van der Waals surface area contributed by atoms with E-state index < -0.39 is 31.1 Å². The number of alkyl halides is 4. The number of halogens is 4. The molecule has 0 aliphatic carbocycles. The van der Waals surface area contributed by atoms with Crippen molar-refractivity contribution in [1.29, 1.82) is 0 Å². The monoisotopic (exact) mass is 187 g/mol. The Morgan fingerprint density at radius 1 is 1.58 bits per heavy atom. The van der Waals surface area contributed by atoms with E-state index in [4.69, 9.17) is 0 Å². The predicted octanol–water partition coefficient (Wildman–Crippen LogP) is 0.995. The van der Waals surface area contributed by atoms with Crippen LogP contribution < -0.4 is 5.32 Å². The van der Waals surface area contributed by atoms with Crippen LogP contribution in [0.5, 0.6) is 0 Å². The van der Waals surface area contributed by atoms with Crippen molar-refractivity contribution in [2.24, 2.45) is 0 Å². The van der Waals surface area contributed by atoms with Crippen molar-refractivity contribution < 1.29 is 27.1 Å². The molecule has 3 nitrogen and oxygen atoms in total. The van der Waals surface area contributed by atoms with Gasteiger partial charge in [-0.05, 0) is 0 Å². The molecule has 1 N–H and O–H groups in total. The van der Waals surface area contributed by atoms with Crippen molar-refractivity contribution in [2.45, 2.75) is 18.5 Å². The number of ether oxygens (including phenoxy) is 1. The molecule has 1 unspecified atom stereocenters. The molecule has 1 fully saturated rings. The van der Waals surface area contributed by atoms with Gasteiger partial charge in [0.2, 0.25) is 0 Å². The van der Waals surface area contributed by atoms with Crippen LogP contribution in [-0.2, 0) is 4.74 Å². The molecule has 12 heavy (non-hydrogen) atoms. The molecule has 1 aliphatic rings. The molecule has 1 saturated heterocycles. The van der Waals surface area contributed by atoms with Gasteiger partial charge in [-0.25, -0.2) is 13.6 Å². The fourth-order valence-electron chi connectivity index (χ4n) is 0.744. The summed E-state index contributed by atoms with van der Waals surface area (Å²) in [7, 11) is 0. The van der Waals surface area contributed by atoms with Crippen LogP contribution >= 0.6 is 0 Å². The minimum atomic E-state index is -4.28. The van der Waals surface area contributed by atoms with Crippen molar-refractivity contribution in [3.8, 4) is 0 Å². The largest absolute Gasteiger partial charge is 0.438 e. The highest BCUT2D eigenvalue weighted by molar-refractivity contribution is 5.69. The minimum Gasteiger partial charge on any atom is -0.438 e. The molecule has 1 rings (SSSR count). The second-order valence-corrected chi connectivity index (χ2v) is 2.25. The van der Waals surface area contributed by atoms with Crippen LogP contribution in [0.25, 0.3) is 0 Å². The third-order valence-electron chi connectivity index (χ3n) is 1.40. The third kappa shape index (κ3) is 1.44. The molecule has 1 atom stereocenters. The topological polar surface area (TPSA) is 38.3 Å². The van der Waals surface area contributed by atoms with Crippen LogP contribution in [0.2, 0.25) is 0 Å². The third-order valence-corrected chi connectivity index (χ3v) is 1.40. The number of rotatable bonds is 2. The van der Waals surface area contributed by atoms with E-state index in [0.717, 1.165) is 0 Å². The molecule has 0 spiro atoms. The van der Waals surface area contributed by atoms with Gasteiger partial charge in [0.15, 0.2) is 6.10 Å². The number of cyclic esters (lactones) is 1. The molecule has 1 heterocycles. The van der Waals surface area contributed by atoms with Gasteiger partial charge >= 0.3 is 18.4 Å². The molecule has 1 aliphatic heterocycles. The van der Waals surface area contributed by atoms with Crippen LogP contribution in [0.4, 0.5) is 22.4 Å². The van der Waals surface area contributed by atoms with E-state index in [1.807, 2.05) is 5.32 Å². The van der Waals surface area contributed by atoms with E-state index in [1.54, 1.807) is 0 Å². The van der Waals surface area contributed by atoms with Crippen LogP contribution in [0.15, 0.2) is 0 Å². The highest BCUT2D eigenvalue weighted by Gasteiger charge is 2.53. The van der Waals surface area contributed by atoms with Gasteiger partial charge in [-0.2, -0.15) is 8.78 Å². The smallest absolute Gasteiger partial charge is 0.407 e. The van der Waals surface area contributed by atoms with E-state index in [2.05, 4.69) is 4.74 Å². The average molecular weight is 187 g/mol. The quantitative estimate of drug-likeness (QED) is 0.655. The van der Waals surface area contributed by atoms with Crippen LogP contribution in [0.1, 0.15) is 0 Å². The predicted molar refractivity (Wildman–Crippen MR) is 29.2 cm³/mol. The van der Waals surface area contributed by atoms with E-state index in [0.29, 0.717) is 0 Å². The second kappa shape index (κ2) is 2.80. The van der Waals surface area contributed by atoms with Gasteiger partial charge < -0.3 is 10.1 Å². The summed E-state index contributed by atoms with van der Waals surface area (Å²) in [5.41, 5.74) is 0. The van der Waals surface area contributed by atoms with Gasteiger partial charge in [0.05, 0.1) is 6.54 Å². The lowest BCUT2D eigenvalue weighted by molar-refractivity contribution is -0.180. The number of hydrogen-bond acceptors (Lipinski definition) is 2. The van der Waals surface area contributed by atoms with Crippen LogP contribution in [0.3, 0.4) is 0 Å². The zero-order valence-electron chi connectivity index (χ0n) is 5.69. The van der Waals surface area contributed by atoms with Crippen molar-refractivity contribution in [3.05, 3.63) is 0 Å². The summed E-state index contributed by atoms with van der Waals surface area (Å²) in [4.78, 5) is 10.2. The van der Waals surface area contributed by atoms with Crippen molar-refractivity contribution in [2.75, 3.05) is 6.54 Å². The van der Waals surface area contributed by atoms with Gasteiger partial charge in [-0.15, -0.1) is 0 Å². The average Bonchev–Trinajstić information content (AvgIpc) is 2.35. The summed E-state index contributed by atoms with van der Waals surface area (Å²) in [6.45, 7) is -0.587. The number of hydrogen-bond donors (Lipinski definition) is 1. The molecular weight excluding hydrogens is 182 g/mol. The fourth-order valence-corrected chi connectivity index (χ4v) is 0.744. The Morgan fingerprint density at radius 2 is 2.17 bits per heavy atom. The van der Waals surface area contributed by atoms with E-state index in [1.165, 1.54) is 0 Å². The van der Waals surface area contributed by atoms with E-state index in [-0.39, 0.29) is 0 Å². The Kier molecular flexibility index (Phi) is 2.12. The van der Waals surface area contributed by atoms with Crippen molar-refractivity contribution in [1.82, 2.24) is 5.32 Å². The molecule has 0 bridgehead atoms. The van der Waals surface area contributed by atoms with Gasteiger partial charge in [0.25, 0.3) is 0 Å². The number of amides is 1. The summed E-state index contributed by atoms with van der Waals surface area (Å²) in [5.74, 6) is -4.28. The van der Waals surface area contributed by atoms with Gasteiger partial charge in [-0.3, -0.25) is 0 Å². The maximum atomic E-state index is 12.4. The van der Waals surface area contributed by atoms with Crippen molar-refractivity contribution in [3.63, 3.8) is 0 Å². The SMILES string of the molecule is O=C1NCC(C(F)(F)C(F)F)O1. The summed E-state index contributed by atoms with van der Waals surface area (Å²) in [6, 6.07) is 0. The lowest BCUT2D eigenvalue weighted by atomic mass is 10.2. The number of carbonyl (C=O) groups is 1. The first kappa shape index (κ1) is 9.08. The first-order valence-electron chi connectivity index (χ1n) is 3.05.